The van der Waals surface area contributed by atoms with Gasteiger partial charge in [0.1, 0.15) is 0 Å². The lowest BCUT2D eigenvalue weighted by molar-refractivity contribution is -0.137. The largest absolute Gasteiger partial charge is 0.304 e. The maximum absolute atomic E-state index is 10.6. The van der Waals surface area contributed by atoms with E-state index >= 15 is 0 Å². The molecule has 1 radical (unpaired) electrons. The number of β-lactam (4-membered cyclic amide) rings is 1. The van der Waals surface area contributed by atoms with Crippen molar-refractivity contribution in [3.8, 4) is 0 Å². The summed E-state index contributed by atoms with van der Waals surface area (Å²) >= 11 is 1.60. The van der Waals surface area contributed by atoms with Crippen LogP contribution in [0.1, 0.15) is 6.42 Å². The monoisotopic (exact) mass is 126 g/mol. The molecule has 0 aromatic carbocycles. The molecule has 2 rings (SSSR count). The molecular weight excluding hydrogens is 122 g/mol. The highest BCUT2D eigenvalue weighted by Gasteiger charge is 2.37. The number of carbonyl (C=O) groups excluding carboxylic acids is 1. The van der Waals surface area contributed by atoms with E-state index in [1.807, 2.05) is 0 Å². The smallest absolute Gasteiger partial charge is 0.230 e. The number of amides is 1. The number of rotatable bonds is 0. The van der Waals surface area contributed by atoms with Gasteiger partial charge in [-0.1, -0.05) is 11.8 Å². The molecular formula is C5H4NOS. The molecule has 3 heteroatoms. The highest BCUT2D eigenvalue weighted by atomic mass is 32.2. The summed E-state index contributed by atoms with van der Waals surface area (Å²) in [4.78, 5) is 12.3. The predicted molar refractivity (Wildman–Crippen MR) is 30.7 cm³/mol. The van der Waals surface area contributed by atoms with E-state index in [0.717, 1.165) is 0 Å². The summed E-state index contributed by atoms with van der Waals surface area (Å²) < 4.78 is 0. The Kier molecular flexibility index (Phi) is 0.713. The van der Waals surface area contributed by atoms with Gasteiger partial charge in [0, 0.05) is 11.6 Å². The zero-order valence-corrected chi connectivity index (χ0v) is 4.94. The maximum Gasteiger partial charge on any atom is 0.230 e. The number of nitrogens with zero attached hydrogens (tertiary/aromatic N) is 1. The fourth-order valence-corrected chi connectivity index (χ4v) is 1.67. The van der Waals surface area contributed by atoms with E-state index in [9.17, 15) is 4.79 Å². The second kappa shape index (κ2) is 1.29. The van der Waals surface area contributed by atoms with Crippen molar-refractivity contribution in [2.24, 2.45) is 0 Å². The quantitative estimate of drug-likeness (QED) is 0.442. The van der Waals surface area contributed by atoms with Crippen LogP contribution in [-0.2, 0) is 4.79 Å². The molecule has 8 heavy (non-hydrogen) atoms. The first-order valence-electron chi connectivity index (χ1n) is 2.43. The lowest BCUT2D eigenvalue weighted by Crippen LogP contribution is -2.44. The summed E-state index contributed by atoms with van der Waals surface area (Å²) in [7, 11) is 0. The average molecular weight is 126 g/mol. The summed E-state index contributed by atoms with van der Waals surface area (Å²) in [5, 5.41) is 3.32. The van der Waals surface area contributed by atoms with Gasteiger partial charge in [-0.3, -0.25) is 4.79 Å². The van der Waals surface area contributed by atoms with Crippen molar-refractivity contribution in [3.63, 3.8) is 0 Å². The minimum Gasteiger partial charge on any atom is -0.304 e. The van der Waals surface area contributed by atoms with Crippen molar-refractivity contribution in [2.45, 2.75) is 11.8 Å². The Bertz CT molecular complexity index is 166. The van der Waals surface area contributed by atoms with Crippen LogP contribution in [0.3, 0.4) is 0 Å². The molecule has 0 saturated carbocycles. The first kappa shape index (κ1) is 4.44. The number of carbonyl (C=O) groups is 1. The van der Waals surface area contributed by atoms with E-state index in [1.165, 1.54) is 0 Å². The third-order valence-electron chi connectivity index (χ3n) is 1.34. The van der Waals surface area contributed by atoms with Crippen molar-refractivity contribution >= 4 is 17.7 Å². The van der Waals surface area contributed by atoms with Crippen LogP contribution in [0.4, 0.5) is 0 Å². The topological polar surface area (TPSA) is 20.3 Å². The molecule has 1 amide bonds. The van der Waals surface area contributed by atoms with Gasteiger partial charge in [0.25, 0.3) is 0 Å². The van der Waals surface area contributed by atoms with Crippen molar-refractivity contribution in [2.75, 3.05) is 0 Å². The molecule has 2 aliphatic heterocycles. The van der Waals surface area contributed by atoms with E-state index in [0.29, 0.717) is 11.8 Å². The van der Waals surface area contributed by atoms with Crippen LogP contribution < -0.4 is 0 Å². The number of fused-ring (bicyclic) bond motifs is 1. The molecule has 2 nitrogen and oxygen atoms in total. The molecule has 0 aromatic rings. The summed E-state index contributed by atoms with van der Waals surface area (Å²) in [6.07, 6.45) is 2.43. The van der Waals surface area contributed by atoms with Crippen molar-refractivity contribution in [3.05, 3.63) is 11.6 Å². The SMILES string of the molecule is O=C1C[C@H]2S[C]=CN12. The van der Waals surface area contributed by atoms with E-state index in [-0.39, 0.29) is 5.91 Å². The molecule has 1 saturated heterocycles. The van der Waals surface area contributed by atoms with Crippen LogP contribution in [0.2, 0.25) is 0 Å². The zero-order valence-electron chi connectivity index (χ0n) is 4.13. The normalized spacial score (nSPS) is 32.8. The Hall–Kier alpha value is -0.440. The minimum atomic E-state index is 0.229. The van der Waals surface area contributed by atoms with Crippen LogP contribution >= 0.6 is 11.8 Å². The molecule has 0 aromatic heterocycles. The summed E-state index contributed by atoms with van der Waals surface area (Å²) in [5.74, 6) is 0.229. The molecule has 41 valence electrons. The molecule has 2 heterocycles. The van der Waals surface area contributed by atoms with E-state index < -0.39 is 0 Å². The molecule has 1 fully saturated rings. The third kappa shape index (κ3) is 0.375. The Balaban J connectivity index is 2.21. The summed E-state index contributed by atoms with van der Waals surface area (Å²) in [6, 6.07) is 0. The molecule has 0 aliphatic carbocycles. The summed E-state index contributed by atoms with van der Waals surface area (Å²) in [6.45, 7) is 0. The van der Waals surface area contributed by atoms with Gasteiger partial charge >= 0.3 is 0 Å². The van der Waals surface area contributed by atoms with Crippen LogP contribution in [0, 0.1) is 5.41 Å². The van der Waals surface area contributed by atoms with Crippen molar-refractivity contribution in [1.29, 1.82) is 0 Å². The standard InChI is InChI=1S/C5H4NOS/c7-4-3-5-6(4)1-2-8-5/h1,5H,3H2/t5-/m1/s1. The first-order valence-corrected chi connectivity index (χ1v) is 3.31. The van der Waals surface area contributed by atoms with Crippen LogP contribution in [-0.4, -0.2) is 16.2 Å². The van der Waals surface area contributed by atoms with E-state index in [1.54, 1.807) is 22.9 Å². The molecule has 0 unspecified atom stereocenters. The maximum atomic E-state index is 10.6. The van der Waals surface area contributed by atoms with Gasteiger partial charge < -0.3 is 4.90 Å². The molecule has 0 N–H and O–H groups in total. The number of hydrogen-bond donors (Lipinski definition) is 0. The second-order valence-electron chi connectivity index (χ2n) is 1.82. The molecule has 0 spiro atoms. The first-order chi connectivity index (χ1) is 3.88. The zero-order chi connectivity index (χ0) is 5.56. The van der Waals surface area contributed by atoms with Crippen molar-refractivity contribution < 1.29 is 4.79 Å². The fraction of sp³-hybridized carbons (Fsp3) is 0.400. The molecule has 0 bridgehead atoms. The van der Waals surface area contributed by atoms with Gasteiger partial charge in [-0.15, -0.1) is 0 Å². The lowest BCUT2D eigenvalue weighted by atomic mass is 10.2. The van der Waals surface area contributed by atoms with Gasteiger partial charge in [-0.05, 0) is 0 Å². The summed E-state index contributed by atoms with van der Waals surface area (Å²) in [5.41, 5.74) is 0. The predicted octanol–water partition coefficient (Wildman–Crippen LogP) is 0.566. The Morgan fingerprint density at radius 2 is 2.88 bits per heavy atom. The van der Waals surface area contributed by atoms with Crippen LogP contribution in [0.15, 0.2) is 6.20 Å². The van der Waals surface area contributed by atoms with Crippen LogP contribution in [0.25, 0.3) is 0 Å². The Labute approximate surface area is 51.5 Å². The van der Waals surface area contributed by atoms with E-state index in [2.05, 4.69) is 5.41 Å². The highest BCUT2D eigenvalue weighted by Crippen LogP contribution is 2.34. The lowest BCUT2D eigenvalue weighted by Gasteiger charge is -2.31. The van der Waals surface area contributed by atoms with Gasteiger partial charge in [-0.2, -0.15) is 0 Å². The third-order valence-corrected chi connectivity index (χ3v) is 2.25. The van der Waals surface area contributed by atoms with Gasteiger partial charge in [0.2, 0.25) is 5.91 Å². The Morgan fingerprint density at radius 3 is 3.38 bits per heavy atom. The minimum absolute atomic E-state index is 0.229. The van der Waals surface area contributed by atoms with Gasteiger partial charge in [-0.25, -0.2) is 0 Å². The van der Waals surface area contributed by atoms with Gasteiger partial charge in [0.15, 0.2) is 0 Å². The highest BCUT2D eigenvalue weighted by molar-refractivity contribution is 8.01. The van der Waals surface area contributed by atoms with Gasteiger partial charge in [0.05, 0.1) is 11.8 Å². The molecule has 2 aliphatic rings. The molecule has 1 atom stereocenters. The average Bonchev–Trinajstić information content (AvgIpc) is 2.09. The van der Waals surface area contributed by atoms with Crippen molar-refractivity contribution in [1.82, 2.24) is 4.90 Å². The second-order valence-corrected chi connectivity index (χ2v) is 2.84. The van der Waals surface area contributed by atoms with E-state index in [4.69, 9.17) is 0 Å². The Morgan fingerprint density at radius 1 is 2.00 bits per heavy atom. The van der Waals surface area contributed by atoms with Crippen LogP contribution in [0.5, 0.6) is 0 Å². The fourth-order valence-electron chi connectivity index (χ4n) is 0.821. The number of hydrogen-bond acceptors (Lipinski definition) is 2. The number of thioether (sulfide) groups is 1.